The zero-order valence-electron chi connectivity index (χ0n) is 14.9. The number of carbonyl (C=O) groups is 1. The summed E-state index contributed by atoms with van der Waals surface area (Å²) in [6.07, 6.45) is 0.600. The first-order valence-corrected chi connectivity index (χ1v) is 8.32. The number of rotatable bonds is 11. The van der Waals surface area contributed by atoms with Gasteiger partial charge in [-0.1, -0.05) is 0 Å². The van der Waals surface area contributed by atoms with Gasteiger partial charge in [0.2, 0.25) is 0 Å². The van der Waals surface area contributed by atoms with E-state index in [4.69, 9.17) is 34.2 Å². The summed E-state index contributed by atoms with van der Waals surface area (Å²) in [6, 6.07) is 4.04. The van der Waals surface area contributed by atoms with Crippen molar-refractivity contribution >= 4 is 5.97 Å². The second kappa shape index (κ2) is 11.0. The summed E-state index contributed by atoms with van der Waals surface area (Å²) in [5, 5.41) is 17.2. The highest BCUT2D eigenvalue weighted by Crippen LogP contribution is 2.33. The lowest BCUT2D eigenvalue weighted by atomic mass is 9.90. The Balaban J connectivity index is 2.58. The summed E-state index contributed by atoms with van der Waals surface area (Å²) in [6.45, 7) is 5.54. The summed E-state index contributed by atoms with van der Waals surface area (Å²) < 4.78 is 27.6. The fourth-order valence-electron chi connectivity index (χ4n) is 2.29. The molecule has 0 aromatic heterocycles. The van der Waals surface area contributed by atoms with E-state index >= 15 is 0 Å². The van der Waals surface area contributed by atoms with E-state index in [-0.39, 0.29) is 25.6 Å². The third-order valence-electron chi connectivity index (χ3n) is 3.67. The van der Waals surface area contributed by atoms with Gasteiger partial charge in [-0.05, 0) is 13.8 Å². The van der Waals surface area contributed by atoms with Crippen LogP contribution in [0.4, 0.5) is 0 Å². The molecule has 0 bridgehead atoms. The Labute approximate surface area is 148 Å². The molecule has 0 aromatic carbocycles. The molecular weight excluding hydrogens is 328 g/mol. The molecule has 8 heteroatoms. The van der Waals surface area contributed by atoms with E-state index in [1.807, 2.05) is 12.1 Å². The van der Waals surface area contributed by atoms with Crippen LogP contribution >= 0.6 is 0 Å². The molecule has 0 saturated carbocycles. The van der Waals surface area contributed by atoms with Gasteiger partial charge in [0.05, 0.1) is 83.1 Å². The summed E-state index contributed by atoms with van der Waals surface area (Å²) in [4.78, 5) is 11.7. The monoisotopic (exact) mass is 354 g/mol. The molecule has 1 heterocycles. The number of esters is 1. The van der Waals surface area contributed by atoms with E-state index in [1.165, 1.54) is 0 Å². The number of nitrogens with zero attached hydrogens (tertiary/aromatic N) is 2. The van der Waals surface area contributed by atoms with Crippen LogP contribution in [0.1, 0.15) is 33.1 Å². The first-order chi connectivity index (χ1) is 12.0. The molecule has 1 rings (SSSR count). The molecule has 25 heavy (non-hydrogen) atoms. The topological polar surface area (TPSA) is 111 Å². The van der Waals surface area contributed by atoms with Gasteiger partial charge in [0.25, 0.3) is 0 Å². The van der Waals surface area contributed by atoms with Crippen LogP contribution < -0.4 is 0 Å². The average Bonchev–Trinajstić information content (AvgIpc) is 2.58. The van der Waals surface area contributed by atoms with Gasteiger partial charge < -0.3 is 23.7 Å². The summed E-state index contributed by atoms with van der Waals surface area (Å²) >= 11 is 0. The van der Waals surface area contributed by atoms with Crippen molar-refractivity contribution in [1.82, 2.24) is 0 Å². The molecule has 0 atom stereocenters. The van der Waals surface area contributed by atoms with Gasteiger partial charge >= 0.3 is 5.97 Å². The van der Waals surface area contributed by atoms with Gasteiger partial charge in [-0.2, -0.15) is 10.5 Å². The minimum absolute atomic E-state index is 0.00149. The molecule has 0 aromatic rings. The normalized spacial score (nSPS) is 18.1. The minimum Gasteiger partial charge on any atom is -0.466 e. The highest BCUT2D eigenvalue weighted by Gasteiger charge is 2.44. The SMILES string of the molecule is CCOC(=O)CC1(C)OCC(COCCC#N)(COCCC#N)CO1. The summed E-state index contributed by atoms with van der Waals surface area (Å²) in [5.41, 5.74) is -0.543. The zero-order chi connectivity index (χ0) is 18.6. The van der Waals surface area contributed by atoms with Gasteiger partial charge in [-0.3, -0.25) is 4.79 Å². The Hall–Kier alpha value is -1.71. The van der Waals surface area contributed by atoms with Crippen LogP contribution in [-0.2, 0) is 28.5 Å². The van der Waals surface area contributed by atoms with Crippen molar-refractivity contribution in [2.24, 2.45) is 5.41 Å². The van der Waals surface area contributed by atoms with E-state index in [2.05, 4.69) is 0 Å². The molecule has 0 unspecified atom stereocenters. The predicted octanol–water partition coefficient (Wildman–Crippen LogP) is 1.55. The van der Waals surface area contributed by atoms with Crippen LogP contribution in [0.15, 0.2) is 0 Å². The molecule has 1 saturated heterocycles. The molecule has 0 N–H and O–H groups in total. The fraction of sp³-hybridized carbons (Fsp3) is 0.824. The maximum atomic E-state index is 11.7. The van der Waals surface area contributed by atoms with Crippen molar-refractivity contribution in [3.63, 3.8) is 0 Å². The van der Waals surface area contributed by atoms with Crippen LogP contribution in [0, 0.1) is 28.1 Å². The van der Waals surface area contributed by atoms with Crippen molar-refractivity contribution in [3.8, 4) is 12.1 Å². The first kappa shape index (κ1) is 21.3. The number of carbonyl (C=O) groups excluding carboxylic acids is 1. The van der Waals surface area contributed by atoms with Crippen molar-refractivity contribution in [2.45, 2.75) is 38.9 Å². The van der Waals surface area contributed by atoms with Gasteiger partial charge in [-0.25, -0.2) is 0 Å². The van der Waals surface area contributed by atoms with Crippen molar-refractivity contribution in [1.29, 1.82) is 10.5 Å². The maximum absolute atomic E-state index is 11.7. The van der Waals surface area contributed by atoms with Crippen molar-refractivity contribution < 1.29 is 28.5 Å². The molecule has 1 aliphatic rings. The van der Waals surface area contributed by atoms with E-state index in [0.29, 0.717) is 45.9 Å². The molecule has 140 valence electrons. The Kier molecular flexibility index (Phi) is 9.40. The Morgan fingerprint density at radius 3 is 2.04 bits per heavy atom. The minimum atomic E-state index is -1.05. The van der Waals surface area contributed by atoms with Crippen LogP contribution in [-0.4, -0.2) is 58.0 Å². The third-order valence-corrected chi connectivity index (χ3v) is 3.67. The molecule has 0 amide bonds. The smallest absolute Gasteiger partial charge is 0.311 e. The lowest BCUT2D eigenvalue weighted by Gasteiger charge is -2.44. The van der Waals surface area contributed by atoms with Crippen LogP contribution in [0.25, 0.3) is 0 Å². The molecular formula is C17H26N2O6. The first-order valence-electron chi connectivity index (χ1n) is 8.32. The summed E-state index contributed by atoms with van der Waals surface area (Å²) in [7, 11) is 0. The van der Waals surface area contributed by atoms with Gasteiger partial charge in [0.15, 0.2) is 5.79 Å². The standard InChI is InChI=1S/C17H26N2O6/c1-3-23-15(20)10-16(2)24-13-17(14-25-16,11-21-8-4-6-18)12-22-9-5-7-19/h3-5,8-14H2,1-2H3. The molecule has 8 nitrogen and oxygen atoms in total. The van der Waals surface area contributed by atoms with Gasteiger partial charge in [0.1, 0.15) is 0 Å². The largest absolute Gasteiger partial charge is 0.466 e. The van der Waals surface area contributed by atoms with Gasteiger partial charge in [0, 0.05) is 0 Å². The molecule has 0 radical (unpaired) electrons. The second-order valence-corrected chi connectivity index (χ2v) is 6.11. The lowest BCUT2D eigenvalue weighted by Crippen LogP contribution is -2.53. The number of nitriles is 2. The van der Waals surface area contributed by atoms with E-state index in [0.717, 1.165) is 0 Å². The predicted molar refractivity (Wildman–Crippen MR) is 86.1 cm³/mol. The zero-order valence-corrected chi connectivity index (χ0v) is 14.9. The maximum Gasteiger partial charge on any atom is 0.311 e. The molecule has 1 fully saturated rings. The molecule has 0 aliphatic carbocycles. The summed E-state index contributed by atoms with van der Waals surface area (Å²) in [5.74, 6) is -1.43. The molecule has 1 aliphatic heterocycles. The van der Waals surface area contributed by atoms with E-state index in [1.54, 1.807) is 13.8 Å². The van der Waals surface area contributed by atoms with Crippen LogP contribution in [0.2, 0.25) is 0 Å². The van der Waals surface area contributed by atoms with E-state index in [9.17, 15) is 4.79 Å². The van der Waals surface area contributed by atoms with Crippen molar-refractivity contribution in [2.75, 3.05) is 46.2 Å². The number of ether oxygens (including phenoxy) is 5. The Morgan fingerprint density at radius 1 is 1.08 bits per heavy atom. The van der Waals surface area contributed by atoms with Crippen molar-refractivity contribution in [3.05, 3.63) is 0 Å². The molecule has 0 spiro atoms. The Bertz CT molecular complexity index is 464. The third kappa shape index (κ3) is 7.80. The number of hydrogen-bond donors (Lipinski definition) is 0. The van der Waals surface area contributed by atoms with Gasteiger partial charge in [-0.15, -0.1) is 0 Å². The second-order valence-electron chi connectivity index (χ2n) is 6.11. The Morgan fingerprint density at radius 2 is 1.60 bits per heavy atom. The average molecular weight is 354 g/mol. The number of hydrogen-bond acceptors (Lipinski definition) is 8. The van der Waals surface area contributed by atoms with E-state index < -0.39 is 11.2 Å². The van der Waals surface area contributed by atoms with Crippen LogP contribution in [0.5, 0.6) is 0 Å². The lowest BCUT2D eigenvalue weighted by molar-refractivity contribution is -0.308. The quantitative estimate of drug-likeness (QED) is 0.406. The highest BCUT2D eigenvalue weighted by atomic mass is 16.7. The highest BCUT2D eigenvalue weighted by molar-refractivity contribution is 5.70. The fourth-order valence-corrected chi connectivity index (χ4v) is 2.29. The van der Waals surface area contributed by atoms with Crippen LogP contribution in [0.3, 0.4) is 0 Å².